The van der Waals surface area contributed by atoms with Crippen LogP contribution in [0.4, 0.5) is 0 Å². The van der Waals surface area contributed by atoms with Crippen molar-refractivity contribution >= 4 is 28.4 Å². The van der Waals surface area contributed by atoms with Gasteiger partial charge in [-0.25, -0.2) is 0 Å². The number of aromatic nitrogens is 1. The van der Waals surface area contributed by atoms with Crippen LogP contribution in [-0.4, -0.2) is 21.9 Å². The van der Waals surface area contributed by atoms with Crippen molar-refractivity contribution in [1.82, 2.24) is 9.47 Å². The number of pyridine rings is 1. The number of hydrogen-bond acceptors (Lipinski definition) is 2. The molecule has 25 heavy (non-hydrogen) atoms. The van der Waals surface area contributed by atoms with Gasteiger partial charge in [-0.1, -0.05) is 35.9 Å². The number of benzene rings is 2. The topological polar surface area (TPSA) is 42.3 Å². The first-order valence-corrected chi connectivity index (χ1v) is 8.63. The summed E-state index contributed by atoms with van der Waals surface area (Å²) in [6, 6.07) is 14.9. The van der Waals surface area contributed by atoms with Gasteiger partial charge in [-0.15, -0.1) is 0 Å². The van der Waals surface area contributed by atoms with Gasteiger partial charge in [0.05, 0.1) is 5.52 Å². The molecule has 4 nitrogen and oxygen atoms in total. The van der Waals surface area contributed by atoms with E-state index in [0.29, 0.717) is 17.0 Å². The number of fused-ring (bicyclic) bond motifs is 2. The van der Waals surface area contributed by atoms with Crippen LogP contribution < -0.4 is 5.43 Å². The third kappa shape index (κ3) is 3.05. The lowest BCUT2D eigenvalue weighted by Gasteiger charge is -2.29. The van der Waals surface area contributed by atoms with E-state index >= 15 is 0 Å². The number of carbonyl (C=O) groups is 1. The quantitative estimate of drug-likeness (QED) is 0.710. The molecule has 0 spiro atoms. The maximum Gasteiger partial charge on any atom is 0.242 e. The molecule has 0 aliphatic carbocycles. The Hall–Kier alpha value is -2.59. The van der Waals surface area contributed by atoms with Crippen molar-refractivity contribution in [2.75, 3.05) is 6.54 Å². The molecule has 1 aliphatic heterocycles. The van der Waals surface area contributed by atoms with E-state index in [1.165, 1.54) is 17.2 Å². The van der Waals surface area contributed by atoms with Crippen LogP contribution in [-0.2, 0) is 24.3 Å². The molecule has 0 fully saturated rings. The smallest absolute Gasteiger partial charge is 0.242 e. The van der Waals surface area contributed by atoms with Gasteiger partial charge in [0.1, 0.15) is 6.54 Å². The van der Waals surface area contributed by atoms with Gasteiger partial charge in [0.2, 0.25) is 5.91 Å². The first-order valence-electron chi connectivity index (χ1n) is 8.25. The Morgan fingerprint density at radius 2 is 1.88 bits per heavy atom. The second kappa shape index (κ2) is 6.37. The second-order valence-corrected chi connectivity index (χ2v) is 6.74. The number of halogens is 1. The summed E-state index contributed by atoms with van der Waals surface area (Å²) in [5, 5.41) is 1.05. The van der Waals surface area contributed by atoms with E-state index in [1.807, 2.05) is 21.6 Å². The molecule has 0 atom stereocenters. The van der Waals surface area contributed by atoms with Gasteiger partial charge in [-0.05, 0) is 35.7 Å². The van der Waals surface area contributed by atoms with Gasteiger partial charge in [-0.2, -0.15) is 0 Å². The Labute approximate surface area is 150 Å². The average molecular weight is 353 g/mol. The number of carbonyl (C=O) groups excluding carboxylic acids is 1. The Balaban J connectivity index is 1.61. The predicted molar refractivity (Wildman–Crippen MR) is 98.8 cm³/mol. The van der Waals surface area contributed by atoms with Crippen LogP contribution in [0.1, 0.15) is 11.1 Å². The lowest BCUT2D eigenvalue weighted by molar-refractivity contribution is -0.132. The van der Waals surface area contributed by atoms with E-state index in [0.717, 1.165) is 18.5 Å². The van der Waals surface area contributed by atoms with Gasteiger partial charge < -0.3 is 9.47 Å². The molecule has 0 N–H and O–H groups in total. The van der Waals surface area contributed by atoms with Gasteiger partial charge in [0.25, 0.3) is 0 Å². The Kier molecular flexibility index (Phi) is 4.06. The summed E-state index contributed by atoms with van der Waals surface area (Å²) in [7, 11) is 0. The summed E-state index contributed by atoms with van der Waals surface area (Å²) in [5.41, 5.74) is 3.16. The van der Waals surface area contributed by atoms with Gasteiger partial charge in [0.15, 0.2) is 5.43 Å². The van der Waals surface area contributed by atoms with Crippen molar-refractivity contribution < 1.29 is 4.79 Å². The molecule has 0 bridgehead atoms. The molecule has 3 aromatic rings. The minimum absolute atomic E-state index is 0.0504. The molecule has 2 aromatic carbocycles. The van der Waals surface area contributed by atoms with Crippen molar-refractivity contribution in [1.29, 1.82) is 0 Å². The zero-order chi connectivity index (χ0) is 17.4. The minimum atomic E-state index is -0.0897. The lowest BCUT2D eigenvalue weighted by Crippen LogP contribution is -2.38. The highest BCUT2D eigenvalue weighted by atomic mass is 35.5. The van der Waals surface area contributed by atoms with Crippen molar-refractivity contribution in [2.24, 2.45) is 0 Å². The number of nitrogens with zero attached hydrogens (tertiary/aromatic N) is 2. The molecular formula is C20H17ClN2O2. The molecule has 0 saturated carbocycles. The number of hydrogen-bond donors (Lipinski definition) is 0. The third-order valence-corrected chi connectivity index (χ3v) is 4.96. The molecule has 126 valence electrons. The maximum atomic E-state index is 12.8. The summed E-state index contributed by atoms with van der Waals surface area (Å²) in [4.78, 5) is 26.7. The molecule has 0 radical (unpaired) electrons. The third-order valence-electron chi connectivity index (χ3n) is 4.73. The summed E-state index contributed by atoms with van der Waals surface area (Å²) >= 11 is 6.00. The highest BCUT2D eigenvalue weighted by Gasteiger charge is 2.20. The second-order valence-electron chi connectivity index (χ2n) is 6.30. The standard InChI is InChI=1S/C20H17ClN2O2/c21-16-5-6-18-17(11-16)19(24)8-10-22(18)13-20(25)23-9-7-14-3-1-2-4-15(14)12-23/h1-6,8,10-11H,7,9,12-13H2. The van der Waals surface area contributed by atoms with Crippen LogP contribution in [0, 0.1) is 0 Å². The summed E-state index contributed by atoms with van der Waals surface area (Å²) in [6.07, 6.45) is 2.55. The number of rotatable bonds is 2. The van der Waals surface area contributed by atoms with Crippen molar-refractivity contribution in [3.05, 3.63) is 81.1 Å². The summed E-state index contributed by atoms with van der Waals surface area (Å²) < 4.78 is 1.82. The highest BCUT2D eigenvalue weighted by Crippen LogP contribution is 2.20. The molecular weight excluding hydrogens is 336 g/mol. The zero-order valence-corrected chi connectivity index (χ0v) is 14.4. The number of amides is 1. The summed E-state index contributed by atoms with van der Waals surface area (Å²) in [5.74, 6) is 0.0504. The molecule has 1 amide bonds. The fourth-order valence-electron chi connectivity index (χ4n) is 3.38. The SMILES string of the molecule is O=C(Cn1ccc(=O)c2cc(Cl)ccc21)N1CCc2ccccc2C1. The normalized spacial score (nSPS) is 13.7. The lowest BCUT2D eigenvalue weighted by atomic mass is 10.00. The van der Waals surface area contributed by atoms with E-state index in [1.54, 1.807) is 24.4 Å². The highest BCUT2D eigenvalue weighted by molar-refractivity contribution is 6.31. The van der Waals surface area contributed by atoms with Crippen molar-refractivity contribution in [3.63, 3.8) is 0 Å². The Morgan fingerprint density at radius 3 is 2.72 bits per heavy atom. The van der Waals surface area contributed by atoms with E-state index in [-0.39, 0.29) is 17.9 Å². The van der Waals surface area contributed by atoms with E-state index in [9.17, 15) is 9.59 Å². The van der Waals surface area contributed by atoms with Gasteiger partial charge in [-0.3, -0.25) is 9.59 Å². The summed E-state index contributed by atoms with van der Waals surface area (Å²) in [6.45, 7) is 1.57. The molecule has 1 aliphatic rings. The molecule has 5 heteroatoms. The Bertz CT molecular complexity index is 1030. The van der Waals surface area contributed by atoms with Crippen LogP contribution in [0.2, 0.25) is 5.02 Å². The molecule has 4 rings (SSSR count). The first kappa shape index (κ1) is 15.9. The van der Waals surface area contributed by atoms with Crippen molar-refractivity contribution in [2.45, 2.75) is 19.5 Å². The van der Waals surface area contributed by atoms with E-state index < -0.39 is 0 Å². The van der Waals surface area contributed by atoms with E-state index in [2.05, 4.69) is 12.1 Å². The van der Waals surface area contributed by atoms with Crippen LogP contribution in [0.15, 0.2) is 59.5 Å². The molecule has 0 saturated heterocycles. The largest absolute Gasteiger partial charge is 0.338 e. The maximum absolute atomic E-state index is 12.8. The van der Waals surface area contributed by atoms with Crippen LogP contribution >= 0.6 is 11.6 Å². The molecule has 2 heterocycles. The fourth-order valence-corrected chi connectivity index (χ4v) is 3.55. The van der Waals surface area contributed by atoms with Crippen LogP contribution in [0.25, 0.3) is 10.9 Å². The molecule has 1 aromatic heterocycles. The van der Waals surface area contributed by atoms with Crippen LogP contribution in [0.5, 0.6) is 0 Å². The zero-order valence-electron chi connectivity index (χ0n) is 13.6. The van der Waals surface area contributed by atoms with Gasteiger partial charge in [0, 0.05) is 35.8 Å². The fraction of sp³-hybridized carbons (Fsp3) is 0.200. The first-order chi connectivity index (χ1) is 12.1. The predicted octanol–water partition coefficient (Wildman–Crippen LogP) is 3.24. The minimum Gasteiger partial charge on any atom is -0.338 e. The van der Waals surface area contributed by atoms with Crippen molar-refractivity contribution in [3.8, 4) is 0 Å². The van der Waals surface area contributed by atoms with E-state index in [4.69, 9.17) is 11.6 Å². The Morgan fingerprint density at radius 1 is 1.08 bits per heavy atom. The van der Waals surface area contributed by atoms with Gasteiger partial charge >= 0.3 is 0 Å². The monoisotopic (exact) mass is 352 g/mol. The average Bonchev–Trinajstić information content (AvgIpc) is 2.63. The van der Waals surface area contributed by atoms with Crippen LogP contribution in [0.3, 0.4) is 0 Å². The molecule has 0 unspecified atom stereocenters.